The van der Waals surface area contributed by atoms with E-state index in [4.69, 9.17) is 14.7 Å². The van der Waals surface area contributed by atoms with Crippen LogP contribution in [0, 0.1) is 0 Å². The van der Waals surface area contributed by atoms with E-state index in [9.17, 15) is 5.11 Å². The van der Waals surface area contributed by atoms with Crippen LogP contribution in [-0.4, -0.2) is 78.9 Å². The Balaban J connectivity index is 1.36. The number of piperazine rings is 1. The zero-order valence-corrected chi connectivity index (χ0v) is 17.3. The van der Waals surface area contributed by atoms with E-state index in [0.29, 0.717) is 12.5 Å². The first kappa shape index (κ1) is 20.2. The molecule has 1 unspecified atom stereocenters. The van der Waals surface area contributed by atoms with Gasteiger partial charge in [-0.15, -0.1) is 0 Å². The SMILES string of the molecule is OC1CCc2nc(N3CCNCC3)nc(NCCSNC3CCOCC3)c2C1. The molecule has 0 aromatic carbocycles. The lowest BCUT2D eigenvalue weighted by atomic mass is 9.94. The third kappa shape index (κ3) is 5.27. The predicted molar refractivity (Wildman–Crippen MR) is 113 cm³/mol. The number of aromatic nitrogens is 2. The number of aryl methyl sites for hydroxylation is 1. The Morgan fingerprint density at radius 1 is 1.18 bits per heavy atom. The highest BCUT2D eigenvalue weighted by Crippen LogP contribution is 2.28. The minimum absolute atomic E-state index is 0.286. The minimum Gasteiger partial charge on any atom is -0.393 e. The second-order valence-corrected chi connectivity index (χ2v) is 8.64. The van der Waals surface area contributed by atoms with Crippen LogP contribution in [-0.2, 0) is 17.6 Å². The maximum atomic E-state index is 10.1. The Hall–Kier alpha value is -1.13. The first-order valence-electron chi connectivity index (χ1n) is 10.5. The number of rotatable bonds is 7. The highest BCUT2D eigenvalue weighted by atomic mass is 32.2. The van der Waals surface area contributed by atoms with Crippen LogP contribution < -0.4 is 20.3 Å². The molecule has 28 heavy (non-hydrogen) atoms. The lowest BCUT2D eigenvalue weighted by Gasteiger charge is -2.30. The van der Waals surface area contributed by atoms with Crippen molar-refractivity contribution >= 4 is 23.7 Å². The number of anilines is 2. The molecule has 4 rings (SSSR count). The molecular weight excluding hydrogens is 376 g/mol. The number of nitrogens with zero attached hydrogens (tertiary/aromatic N) is 3. The molecule has 2 saturated heterocycles. The van der Waals surface area contributed by atoms with Crippen molar-refractivity contribution in [2.24, 2.45) is 0 Å². The Morgan fingerprint density at radius 2 is 2.00 bits per heavy atom. The molecule has 8 nitrogen and oxygen atoms in total. The Labute approximate surface area is 171 Å². The van der Waals surface area contributed by atoms with Gasteiger partial charge in [0.2, 0.25) is 5.95 Å². The van der Waals surface area contributed by atoms with Gasteiger partial charge in [0.05, 0.1) is 11.8 Å². The van der Waals surface area contributed by atoms with Gasteiger partial charge >= 0.3 is 0 Å². The molecule has 4 N–H and O–H groups in total. The van der Waals surface area contributed by atoms with E-state index in [1.54, 1.807) is 11.9 Å². The van der Waals surface area contributed by atoms with Crippen LogP contribution in [0.4, 0.5) is 11.8 Å². The van der Waals surface area contributed by atoms with E-state index < -0.39 is 0 Å². The lowest BCUT2D eigenvalue weighted by Crippen LogP contribution is -2.44. The number of hydrogen-bond donors (Lipinski definition) is 4. The number of aliphatic hydroxyl groups excluding tert-OH is 1. The minimum atomic E-state index is -0.286. The summed E-state index contributed by atoms with van der Waals surface area (Å²) in [5.41, 5.74) is 2.20. The van der Waals surface area contributed by atoms with Crippen molar-refractivity contribution in [3.05, 3.63) is 11.3 Å². The summed E-state index contributed by atoms with van der Waals surface area (Å²) in [5, 5.41) is 17.0. The third-order valence-corrected chi connectivity index (χ3v) is 6.51. The Bertz CT molecular complexity index is 637. The molecule has 0 radical (unpaired) electrons. The number of nitrogens with one attached hydrogen (secondary N) is 3. The van der Waals surface area contributed by atoms with E-state index in [0.717, 1.165) is 100 Å². The molecule has 2 fully saturated rings. The van der Waals surface area contributed by atoms with E-state index in [2.05, 4.69) is 20.3 Å². The van der Waals surface area contributed by atoms with Gasteiger partial charge in [-0.05, 0) is 25.7 Å². The molecule has 0 saturated carbocycles. The van der Waals surface area contributed by atoms with Crippen molar-refractivity contribution in [1.29, 1.82) is 0 Å². The van der Waals surface area contributed by atoms with E-state index >= 15 is 0 Å². The fraction of sp³-hybridized carbons (Fsp3) is 0.789. The summed E-state index contributed by atoms with van der Waals surface area (Å²) in [7, 11) is 0. The van der Waals surface area contributed by atoms with Gasteiger partial charge in [0.25, 0.3) is 0 Å². The van der Waals surface area contributed by atoms with Crippen LogP contribution in [0.1, 0.15) is 30.5 Å². The number of fused-ring (bicyclic) bond motifs is 1. The lowest BCUT2D eigenvalue weighted by molar-refractivity contribution is 0.0838. The van der Waals surface area contributed by atoms with Crippen molar-refractivity contribution in [3.8, 4) is 0 Å². The third-order valence-electron chi connectivity index (χ3n) is 5.60. The first-order chi connectivity index (χ1) is 13.8. The molecular formula is C19H32N6O2S. The highest BCUT2D eigenvalue weighted by Gasteiger charge is 2.24. The van der Waals surface area contributed by atoms with Gasteiger partial charge in [0.1, 0.15) is 5.82 Å². The zero-order valence-electron chi connectivity index (χ0n) is 16.5. The van der Waals surface area contributed by atoms with Crippen LogP contribution in [0.15, 0.2) is 0 Å². The normalized spacial score (nSPS) is 23.5. The standard InChI is InChI=1S/C19H32N6O2S/c26-15-1-2-17-16(13-15)18(23-19(22-17)25-8-5-20-6-9-25)21-7-12-28-24-14-3-10-27-11-4-14/h14-15,20,24,26H,1-13H2,(H,21,22,23). The number of ether oxygens (including phenoxy) is 1. The summed E-state index contributed by atoms with van der Waals surface area (Å²) in [6.45, 7) is 6.37. The molecule has 0 bridgehead atoms. The second-order valence-electron chi connectivity index (χ2n) is 7.71. The predicted octanol–water partition coefficient (Wildman–Crippen LogP) is 0.565. The molecule has 1 aromatic rings. The average molecular weight is 409 g/mol. The highest BCUT2D eigenvalue weighted by molar-refractivity contribution is 7.97. The van der Waals surface area contributed by atoms with Crippen molar-refractivity contribution in [3.63, 3.8) is 0 Å². The molecule has 1 aromatic heterocycles. The zero-order chi connectivity index (χ0) is 19.2. The molecule has 1 aliphatic carbocycles. The fourth-order valence-corrected chi connectivity index (χ4v) is 4.74. The smallest absolute Gasteiger partial charge is 0.227 e. The van der Waals surface area contributed by atoms with Gasteiger partial charge in [-0.3, -0.25) is 4.72 Å². The summed E-state index contributed by atoms with van der Waals surface area (Å²) in [4.78, 5) is 12.0. The van der Waals surface area contributed by atoms with Crippen molar-refractivity contribution in [2.75, 3.05) is 61.9 Å². The Kier molecular flexibility index (Phi) is 7.25. The number of aliphatic hydroxyl groups is 1. The summed E-state index contributed by atoms with van der Waals surface area (Å²) in [6, 6.07) is 0.556. The topological polar surface area (TPSA) is 94.6 Å². The molecule has 3 aliphatic rings. The van der Waals surface area contributed by atoms with Gasteiger partial charge in [-0.1, -0.05) is 11.9 Å². The van der Waals surface area contributed by atoms with Crippen LogP contribution in [0.25, 0.3) is 0 Å². The first-order valence-corrected chi connectivity index (χ1v) is 11.5. The maximum absolute atomic E-state index is 10.1. The van der Waals surface area contributed by atoms with Crippen LogP contribution in [0.2, 0.25) is 0 Å². The van der Waals surface area contributed by atoms with Gasteiger partial charge in [0, 0.05) is 69.7 Å². The molecule has 2 aliphatic heterocycles. The molecule has 1 atom stereocenters. The van der Waals surface area contributed by atoms with Crippen molar-refractivity contribution < 1.29 is 9.84 Å². The van der Waals surface area contributed by atoms with Gasteiger partial charge in [-0.25, -0.2) is 4.98 Å². The van der Waals surface area contributed by atoms with Gasteiger partial charge in [0.15, 0.2) is 0 Å². The van der Waals surface area contributed by atoms with Crippen molar-refractivity contribution in [1.82, 2.24) is 20.0 Å². The average Bonchev–Trinajstić information content (AvgIpc) is 2.75. The van der Waals surface area contributed by atoms with Crippen molar-refractivity contribution in [2.45, 2.75) is 44.2 Å². The van der Waals surface area contributed by atoms with Crippen LogP contribution in [0.5, 0.6) is 0 Å². The summed E-state index contributed by atoms with van der Waals surface area (Å²) in [6.07, 6.45) is 4.15. The van der Waals surface area contributed by atoms with Gasteiger partial charge < -0.3 is 25.4 Å². The van der Waals surface area contributed by atoms with E-state index in [-0.39, 0.29) is 6.10 Å². The number of hydrogen-bond acceptors (Lipinski definition) is 9. The fourth-order valence-electron chi connectivity index (χ4n) is 3.94. The Morgan fingerprint density at radius 3 is 2.82 bits per heavy atom. The molecule has 9 heteroatoms. The molecule has 3 heterocycles. The molecule has 0 spiro atoms. The maximum Gasteiger partial charge on any atom is 0.227 e. The summed E-state index contributed by atoms with van der Waals surface area (Å²) >= 11 is 1.77. The summed E-state index contributed by atoms with van der Waals surface area (Å²) < 4.78 is 8.95. The second kappa shape index (κ2) is 10.1. The van der Waals surface area contributed by atoms with Crippen LogP contribution in [0.3, 0.4) is 0 Å². The quantitative estimate of drug-likeness (QED) is 0.381. The molecule has 0 amide bonds. The van der Waals surface area contributed by atoms with E-state index in [1.807, 2.05) is 0 Å². The van der Waals surface area contributed by atoms with E-state index in [1.165, 1.54) is 0 Å². The van der Waals surface area contributed by atoms with Crippen LogP contribution >= 0.6 is 11.9 Å². The summed E-state index contributed by atoms with van der Waals surface area (Å²) in [5.74, 6) is 2.69. The molecule has 156 valence electrons. The monoisotopic (exact) mass is 408 g/mol. The van der Waals surface area contributed by atoms with Gasteiger partial charge in [-0.2, -0.15) is 4.98 Å². The largest absolute Gasteiger partial charge is 0.393 e.